The lowest BCUT2D eigenvalue weighted by Crippen LogP contribution is -2.37. The number of hydrogen-bond donors (Lipinski definition) is 1. The van der Waals surface area contributed by atoms with Gasteiger partial charge in [-0.1, -0.05) is 0 Å². The fourth-order valence-electron chi connectivity index (χ4n) is 1.82. The first kappa shape index (κ1) is 11.7. The van der Waals surface area contributed by atoms with Gasteiger partial charge in [0.25, 0.3) is 0 Å². The predicted molar refractivity (Wildman–Crippen MR) is 58.7 cm³/mol. The number of amides is 2. The SMILES string of the molecule is CCn1ncnc1CNC1CC(=O)N(C)C1=O. The van der Waals surface area contributed by atoms with E-state index in [1.54, 1.807) is 4.68 Å². The lowest BCUT2D eigenvalue weighted by molar-refractivity contribution is -0.137. The number of nitrogens with zero attached hydrogens (tertiary/aromatic N) is 4. The second-order valence-electron chi connectivity index (χ2n) is 3.92. The maximum atomic E-state index is 11.6. The Hall–Kier alpha value is -1.76. The first-order valence-corrected chi connectivity index (χ1v) is 5.54. The average Bonchev–Trinajstić information content (AvgIpc) is 2.87. The summed E-state index contributed by atoms with van der Waals surface area (Å²) < 4.78 is 1.75. The number of aromatic nitrogens is 3. The molecular weight excluding hydrogens is 222 g/mol. The van der Waals surface area contributed by atoms with Gasteiger partial charge in [0.2, 0.25) is 11.8 Å². The minimum atomic E-state index is -0.436. The van der Waals surface area contributed by atoms with Crippen LogP contribution < -0.4 is 5.32 Å². The van der Waals surface area contributed by atoms with Crippen molar-refractivity contribution in [1.29, 1.82) is 0 Å². The molecule has 1 aliphatic heterocycles. The largest absolute Gasteiger partial charge is 0.298 e. The number of hydrogen-bond acceptors (Lipinski definition) is 5. The van der Waals surface area contributed by atoms with Crippen LogP contribution in [0.5, 0.6) is 0 Å². The number of carbonyl (C=O) groups is 2. The number of carbonyl (C=O) groups excluding carboxylic acids is 2. The summed E-state index contributed by atoms with van der Waals surface area (Å²) in [5.41, 5.74) is 0. The van der Waals surface area contributed by atoms with Gasteiger partial charge in [-0.15, -0.1) is 0 Å². The second-order valence-corrected chi connectivity index (χ2v) is 3.92. The van der Waals surface area contributed by atoms with E-state index >= 15 is 0 Å². The summed E-state index contributed by atoms with van der Waals surface area (Å²) in [4.78, 5) is 28.2. The van der Waals surface area contributed by atoms with Crippen LogP contribution in [0.15, 0.2) is 6.33 Å². The van der Waals surface area contributed by atoms with Crippen molar-refractivity contribution in [2.75, 3.05) is 7.05 Å². The molecule has 0 aromatic carbocycles. The van der Waals surface area contributed by atoms with E-state index in [0.29, 0.717) is 6.54 Å². The minimum absolute atomic E-state index is 0.149. The average molecular weight is 237 g/mol. The number of rotatable bonds is 4. The summed E-state index contributed by atoms with van der Waals surface area (Å²) in [6.45, 7) is 3.13. The van der Waals surface area contributed by atoms with Gasteiger partial charge < -0.3 is 0 Å². The standard InChI is InChI=1S/C10H15N5O2/c1-3-15-8(12-6-13-15)5-11-7-4-9(16)14(2)10(7)17/h6-7,11H,3-5H2,1-2H3. The number of likely N-dealkylation sites (N-methyl/N-ethyl adjacent to an activating group) is 1. The summed E-state index contributed by atoms with van der Waals surface area (Å²) in [6, 6.07) is -0.436. The Morgan fingerprint density at radius 1 is 1.53 bits per heavy atom. The fraction of sp³-hybridized carbons (Fsp3) is 0.600. The van der Waals surface area contributed by atoms with Crippen molar-refractivity contribution < 1.29 is 9.59 Å². The molecule has 2 amide bonds. The molecule has 1 aromatic rings. The van der Waals surface area contributed by atoms with Crippen LogP contribution in [0, 0.1) is 0 Å². The first-order chi connectivity index (χ1) is 8.13. The van der Waals surface area contributed by atoms with E-state index < -0.39 is 6.04 Å². The topological polar surface area (TPSA) is 80.1 Å². The third-order valence-electron chi connectivity index (χ3n) is 2.88. The number of nitrogens with one attached hydrogen (secondary N) is 1. The maximum absolute atomic E-state index is 11.6. The van der Waals surface area contributed by atoms with E-state index in [-0.39, 0.29) is 18.2 Å². The third-order valence-corrected chi connectivity index (χ3v) is 2.88. The van der Waals surface area contributed by atoms with Crippen molar-refractivity contribution in [1.82, 2.24) is 25.0 Å². The zero-order valence-corrected chi connectivity index (χ0v) is 9.88. The lowest BCUT2D eigenvalue weighted by atomic mass is 10.2. The molecule has 1 N–H and O–H groups in total. The molecule has 1 fully saturated rings. The van der Waals surface area contributed by atoms with Gasteiger partial charge in [-0.25, -0.2) is 9.67 Å². The van der Waals surface area contributed by atoms with E-state index in [9.17, 15) is 9.59 Å². The summed E-state index contributed by atoms with van der Waals surface area (Å²) >= 11 is 0. The highest BCUT2D eigenvalue weighted by atomic mass is 16.2. The summed E-state index contributed by atoms with van der Waals surface area (Å²) in [5.74, 6) is 0.435. The van der Waals surface area contributed by atoms with Crippen LogP contribution in [0.3, 0.4) is 0 Å². The van der Waals surface area contributed by atoms with E-state index in [0.717, 1.165) is 17.3 Å². The van der Waals surface area contributed by atoms with Crippen molar-refractivity contribution in [3.05, 3.63) is 12.2 Å². The molecule has 2 rings (SSSR count). The normalized spacial score (nSPS) is 20.4. The highest BCUT2D eigenvalue weighted by Crippen LogP contribution is 2.10. The second kappa shape index (κ2) is 4.62. The van der Waals surface area contributed by atoms with E-state index in [4.69, 9.17) is 0 Å². The van der Waals surface area contributed by atoms with Gasteiger partial charge in [0.05, 0.1) is 19.0 Å². The van der Waals surface area contributed by atoms with Crippen LogP contribution in [0.1, 0.15) is 19.2 Å². The van der Waals surface area contributed by atoms with Gasteiger partial charge >= 0.3 is 0 Å². The zero-order valence-electron chi connectivity index (χ0n) is 9.88. The molecular formula is C10H15N5O2. The van der Waals surface area contributed by atoms with Crippen molar-refractivity contribution in [2.45, 2.75) is 32.5 Å². The molecule has 92 valence electrons. The Kier molecular flexibility index (Phi) is 3.19. The molecule has 1 atom stereocenters. The zero-order chi connectivity index (χ0) is 12.4. The van der Waals surface area contributed by atoms with Crippen molar-refractivity contribution in [3.8, 4) is 0 Å². The molecule has 7 nitrogen and oxygen atoms in total. The van der Waals surface area contributed by atoms with Crippen molar-refractivity contribution in [2.24, 2.45) is 0 Å². The monoisotopic (exact) mass is 237 g/mol. The van der Waals surface area contributed by atoms with Crippen molar-refractivity contribution >= 4 is 11.8 Å². The Bertz CT molecular complexity index is 442. The van der Waals surface area contributed by atoms with Crippen LogP contribution in [0.2, 0.25) is 0 Å². The van der Waals surface area contributed by atoms with E-state index in [2.05, 4.69) is 15.4 Å². The molecule has 0 radical (unpaired) electrons. The van der Waals surface area contributed by atoms with Gasteiger partial charge in [-0.2, -0.15) is 5.10 Å². The van der Waals surface area contributed by atoms with Crippen LogP contribution in [0.4, 0.5) is 0 Å². The molecule has 0 bridgehead atoms. The minimum Gasteiger partial charge on any atom is -0.298 e. The molecule has 17 heavy (non-hydrogen) atoms. The van der Waals surface area contributed by atoms with Crippen LogP contribution in [-0.2, 0) is 22.7 Å². The Morgan fingerprint density at radius 2 is 2.29 bits per heavy atom. The molecule has 0 spiro atoms. The predicted octanol–water partition coefficient (Wildman–Crippen LogP) is -0.855. The lowest BCUT2D eigenvalue weighted by Gasteiger charge is -2.10. The van der Waals surface area contributed by atoms with Crippen LogP contribution in [0.25, 0.3) is 0 Å². The van der Waals surface area contributed by atoms with Gasteiger partial charge in [-0.05, 0) is 6.92 Å². The third kappa shape index (κ3) is 2.19. The van der Waals surface area contributed by atoms with Gasteiger partial charge in [0.15, 0.2) is 0 Å². The fourth-order valence-corrected chi connectivity index (χ4v) is 1.82. The number of imide groups is 1. The van der Waals surface area contributed by atoms with Crippen LogP contribution in [-0.4, -0.2) is 44.6 Å². The van der Waals surface area contributed by atoms with E-state index in [1.165, 1.54) is 13.4 Å². The van der Waals surface area contributed by atoms with Gasteiger partial charge in [0.1, 0.15) is 12.2 Å². The van der Waals surface area contributed by atoms with Gasteiger partial charge in [0, 0.05) is 13.6 Å². The maximum Gasteiger partial charge on any atom is 0.246 e. The smallest absolute Gasteiger partial charge is 0.246 e. The molecule has 1 aliphatic rings. The molecule has 7 heteroatoms. The number of aryl methyl sites for hydroxylation is 1. The quantitative estimate of drug-likeness (QED) is 0.690. The molecule has 1 saturated heterocycles. The molecule has 2 heterocycles. The van der Waals surface area contributed by atoms with Crippen LogP contribution >= 0.6 is 0 Å². The molecule has 0 saturated carbocycles. The Balaban J connectivity index is 1.95. The Labute approximate surface area is 98.8 Å². The van der Waals surface area contributed by atoms with Gasteiger partial charge in [-0.3, -0.25) is 19.8 Å². The van der Waals surface area contributed by atoms with Crippen molar-refractivity contribution in [3.63, 3.8) is 0 Å². The summed E-state index contributed by atoms with van der Waals surface area (Å²) in [5, 5.41) is 7.07. The molecule has 0 aliphatic carbocycles. The highest BCUT2D eigenvalue weighted by Gasteiger charge is 2.35. The molecule has 1 unspecified atom stereocenters. The summed E-state index contributed by atoms with van der Waals surface area (Å²) in [7, 11) is 1.50. The summed E-state index contributed by atoms with van der Waals surface area (Å²) in [6.07, 6.45) is 1.70. The first-order valence-electron chi connectivity index (χ1n) is 5.54. The highest BCUT2D eigenvalue weighted by molar-refractivity contribution is 6.05. The molecule has 1 aromatic heterocycles. The number of likely N-dealkylation sites (tertiary alicyclic amines) is 1. The Morgan fingerprint density at radius 3 is 2.88 bits per heavy atom. The van der Waals surface area contributed by atoms with E-state index in [1.807, 2.05) is 6.92 Å².